The molecule has 10 aromatic rings. The Morgan fingerprint density at radius 2 is 0.955 bits per heavy atom. The summed E-state index contributed by atoms with van der Waals surface area (Å²) in [6, 6.07) is 51.1. The molecular weight excluding hydrogens is 553 g/mol. The lowest BCUT2D eigenvalue weighted by molar-refractivity contribution is 1.14. The first-order valence-corrected chi connectivity index (χ1v) is 15.8. The van der Waals surface area contributed by atoms with Crippen molar-refractivity contribution in [2.24, 2.45) is 0 Å². The second kappa shape index (κ2) is 9.00. The van der Waals surface area contributed by atoms with Gasteiger partial charge in [-0.15, -0.1) is 11.3 Å². The van der Waals surface area contributed by atoms with Gasteiger partial charge in [0.15, 0.2) is 0 Å². The van der Waals surface area contributed by atoms with E-state index in [-0.39, 0.29) is 0 Å². The number of hydrogen-bond acceptors (Lipinski definition) is 2. The van der Waals surface area contributed by atoms with Gasteiger partial charge in [-0.1, -0.05) is 97.1 Å². The lowest BCUT2D eigenvalue weighted by atomic mass is 9.92. The molecule has 0 saturated heterocycles. The van der Waals surface area contributed by atoms with Gasteiger partial charge in [-0.05, 0) is 85.9 Å². The van der Waals surface area contributed by atoms with E-state index in [0.717, 1.165) is 11.3 Å². The molecule has 0 atom stereocenters. The van der Waals surface area contributed by atoms with Crippen LogP contribution in [0.5, 0.6) is 0 Å². The van der Waals surface area contributed by atoms with Crippen LogP contribution >= 0.6 is 11.3 Å². The van der Waals surface area contributed by atoms with E-state index in [1.807, 2.05) is 23.6 Å². The smallest absolute Gasteiger partial charge is 0.145 e. The van der Waals surface area contributed by atoms with Gasteiger partial charge in [0.2, 0.25) is 0 Å². The zero-order valence-electron chi connectivity index (χ0n) is 23.7. The van der Waals surface area contributed by atoms with Crippen LogP contribution in [-0.2, 0) is 0 Å². The summed E-state index contributed by atoms with van der Waals surface area (Å²) in [5, 5.41) is 12.8. The van der Waals surface area contributed by atoms with E-state index in [1.165, 1.54) is 79.9 Å². The van der Waals surface area contributed by atoms with E-state index >= 15 is 0 Å². The molecule has 204 valence electrons. The maximum Gasteiger partial charge on any atom is 0.145 e. The van der Waals surface area contributed by atoms with E-state index in [2.05, 4.69) is 138 Å². The summed E-state index contributed by atoms with van der Waals surface area (Å²) in [6.45, 7) is 0. The minimum Gasteiger partial charge on any atom is -0.294 e. The third kappa shape index (κ3) is 3.33. The standard InChI is InChI=1S/C41H24N2S/c1-2-10-30-28(8-1)29-9-3-4-11-31(29)37-22-25(15-18-32(30)37)26-16-19-34-35-20-17-27(24-40(35)44-39(34)23-26)43-38-14-6-5-12-33(38)36-13-7-21-42-41(36)43/h1-24H. The Hall–Kier alpha value is -5.51. The molecule has 3 aromatic heterocycles. The van der Waals surface area contributed by atoms with Crippen LogP contribution in [0.15, 0.2) is 146 Å². The SMILES string of the molecule is c1ccc2c(c1)c1ccccc1c1cc(-c3ccc4c(c3)sc3cc(-n5c6ccccc6c6cccnc65)ccc34)ccc21. The average Bonchev–Trinajstić information content (AvgIpc) is 3.63. The molecular formula is C41H24N2S. The van der Waals surface area contributed by atoms with E-state index in [9.17, 15) is 0 Å². The van der Waals surface area contributed by atoms with Crippen LogP contribution in [0, 0.1) is 0 Å². The molecule has 3 heterocycles. The highest BCUT2D eigenvalue weighted by atomic mass is 32.1. The van der Waals surface area contributed by atoms with Gasteiger partial charge in [0.25, 0.3) is 0 Å². The van der Waals surface area contributed by atoms with Crippen molar-refractivity contribution in [3.63, 3.8) is 0 Å². The molecule has 0 radical (unpaired) electrons. The fraction of sp³-hybridized carbons (Fsp3) is 0. The minimum atomic E-state index is 0.994. The molecule has 0 saturated carbocycles. The van der Waals surface area contributed by atoms with Crippen LogP contribution in [0.1, 0.15) is 0 Å². The maximum atomic E-state index is 4.79. The van der Waals surface area contributed by atoms with Crippen LogP contribution in [0.4, 0.5) is 0 Å². The number of thiophene rings is 1. The quantitative estimate of drug-likeness (QED) is 0.187. The molecule has 0 spiro atoms. The van der Waals surface area contributed by atoms with Gasteiger partial charge in [-0.25, -0.2) is 4.98 Å². The molecule has 0 amide bonds. The van der Waals surface area contributed by atoms with Gasteiger partial charge in [-0.2, -0.15) is 0 Å². The normalized spacial score (nSPS) is 12.1. The molecule has 0 aliphatic carbocycles. The monoisotopic (exact) mass is 576 g/mol. The van der Waals surface area contributed by atoms with Crippen molar-refractivity contribution in [3.8, 4) is 16.8 Å². The van der Waals surface area contributed by atoms with Crippen molar-refractivity contribution in [2.75, 3.05) is 0 Å². The second-order valence-corrected chi connectivity index (χ2v) is 12.7. The van der Waals surface area contributed by atoms with Crippen molar-refractivity contribution >= 4 is 85.8 Å². The summed E-state index contributed by atoms with van der Waals surface area (Å²) in [6.07, 6.45) is 1.88. The highest BCUT2D eigenvalue weighted by Gasteiger charge is 2.15. The Kier molecular flexibility index (Phi) is 4.90. The Bertz CT molecular complexity index is 2690. The Labute approximate surface area is 257 Å². The van der Waals surface area contributed by atoms with E-state index in [4.69, 9.17) is 4.98 Å². The summed E-state index contributed by atoms with van der Waals surface area (Å²) in [7, 11) is 0. The molecule has 0 fully saturated rings. The number of benzene rings is 7. The number of fused-ring (bicyclic) bond motifs is 12. The van der Waals surface area contributed by atoms with Gasteiger partial charge < -0.3 is 0 Å². The molecule has 44 heavy (non-hydrogen) atoms. The first kappa shape index (κ1) is 24.0. The zero-order chi connectivity index (χ0) is 28.8. The molecule has 10 rings (SSSR count). The Morgan fingerprint density at radius 1 is 0.409 bits per heavy atom. The van der Waals surface area contributed by atoms with Crippen molar-refractivity contribution in [2.45, 2.75) is 0 Å². The zero-order valence-corrected chi connectivity index (χ0v) is 24.5. The highest BCUT2D eigenvalue weighted by Crippen LogP contribution is 2.41. The highest BCUT2D eigenvalue weighted by molar-refractivity contribution is 7.25. The molecule has 0 aliphatic heterocycles. The van der Waals surface area contributed by atoms with Crippen molar-refractivity contribution in [1.82, 2.24) is 9.55 Å². The third-order valence-corrected chi connectivity index (χ3v) is 10.3. The fourth-order valence-corrected chi connectivity index (χ4v) is 8.41. The fourth-order valence-electron chi connectivity index (χ4n) is 7.23. The molecule has 3 heteroatoms. The summed E-state index contributed by atoms with van der Waals surface area (Å²) >= 11 is 1.87. The van der Waals surface area contributed by atoms with Gasteiger partial charge in [-0.3, -0.25) is 4.57 Å². The summed E-state index contributed by atoms with van der Waals surface area (Å²) in [5.41, 5.74) is 5.81. The number of hydrogen-bond donors (Lipinski definition) is 0. The predicted molar refractivity (Wildman–Crippen MR) is 189 cm³/mol. The van der Waals surface area contributed by atoms with Gasteiger partial charge in [0, 0.05) is 42.8 Å². The first-order chi connectivity index (χ1) is 21.8. The summed E-state index contributed by atoms with van der Waals surface area (Å²) < 4.78 is 4.88. The van der Waals surface area contributed by atoms with Crippen molar-refractivity contribution < 1.29 is 0 Å². The van der Waals surface area contributed by atoms with Crippen LogP contribution < -0.4 is 0 Å². The van der Waals surface area contributed by atoms with Gasteiger partial charge in [0.1, 0.15) is 5.65 Å². The minimum absolute atomic E-state index is 0.994. The van der Waals surface area contributed by atoms with Crippen LogP contribution in [0.3, 0.4) is 0 Å². The number of pyridine rings is 1. The topological polar surface area (TPSA) is 17.8 Å². The van der Waals surface area contributed by atoms with Gasteiger partial charge >= 0.3 is 0 Å². The molecule has 0 aliphatic rings. The average molecular weight is 577 g/mol. The largest absolute Gasteiger partial charge is 0.294 e. The van der Waals surface area contributed by atoms with Crippen LogP contribution in [0.25, 0.3) is 91.2 Å². The predicted octanol–water partition coefficient (Wildman–Crippen LogP) is 11.7. The lowest BCUT2D eigenvalue weighted by Crippen LogP contribution is -1.94. The number of aromatic nitrogens is 2. The lowest BCUT2D eigenvalue weighted by Gasteiger charge is -2.12. The molecule has 7 aromatic carbocycles. The number of rotatable bonds is 2. The molecule has 0 bridgehead atoms. The first-order valence-electron chi connectivity index (χ1n) is 15.0. The molecule has 2 nitrogen and oxygen atoms in total. The Morgan fingerprint density at radius 3 is 1.70 bits per heavy atom. The molecule has 0 N–H and O–H groups in total. The van der Waals surface area contributed by atoms with Crippen LogP contribution in [0.2, 0.25) is 0 Å². The summed E-state index contributed by atoms with van der Waals surface area (Å²) in [4.78, 5) is 4.79. The second-order valence-electron chi connectivity index (χ2n) is 11.6. The third-order valence-electron chi connectivity index (χ3n) is 9.23. The van der Waals surface area contributed by atoms with Gasteiger partial charge in [0.05, 0.1) is 5.52 Å². The number of nitrogens with zero attached hydrogens (tertiary/aromatic N) is 2. The molecule has 0 unspecified atom stereocenters. The summed E-state index contributed by atoms with van der Waals surface area (Å²) in [5.74, 6) is 0. The Balaban J connectivity index is 1.14. The maximum absolute atomic E-state index is 4.79. The van der Waals surface area contributed by atoms with E-state index in [1.54, 1.807) is 0 Å². The van der Waals surface area contributed by atoms with Crippen LogP contribution in [-0.4, -0.2) is 9.55 Å². The number of para-hydroxylation sites is 1. The van der Waals surface area contributed by atoms with Crippen molar-refractivity contribution in [1.29, 1.82) is 0 Å². The van der Waals surface area contributed by atoms with E-state index < -0.39 is 0 Å². The van der Waals surface area contributed by atoms with E-state index in [0.29, 0.717) is 0 Å². The van der Waals surface area contributed by atoms with Crippen molar-refractivity contribution in [3.05, 3.63) is 146 Å².